The maximum atomic E-state index is 12.6. The lowest BCUT2D eigenvalue weighted by Gasteiger charge is -2.35. The Morgan fingerprint density at radius 3 is 2.44 bits per heavy atom. The van der Waals surface area contributed by atoms with Crippen molar-refractivity contribution in [3.63, 3.8) is 0 Å². The molecular weight excluding hydrogens is 342 g/mol. The second-order valence-electron chi connectivity index (χ2n) is 6.60. The van der Waals surface area contributed by atoms with Crippen molar-refractivity contribution in [3.05, 3.63) is 60.4 Å². The lowest BCUT2D eigenvalue weighted by atomic mass is 10.1. The van der Waals surface area contributed by atoms with Gasteiger partial charge in [0.25, 0.3) is 0 Å². The molecule has 8 nitrogen and oxygen atoms in total. The van der Waals surface area contributed by atoms with Crippen LogP contribution in [0.4, 0.5) is 5.82 Å². The average Bonchev–Trinajstić information content (AvgIpc) is 3.25. The van der Waals surface area contributed by atoms with E-state index in [9.17, 15) is 4.79 Å². The third-order valence-electron chi connectivity index (χ3n) is 4.72. The van der Waals surface area contributed by atoms with E-state index in [-0.39, 0.29) is 5.91 Å². The first-order valence-corrected chi connectivity index (χ1v) is 8.94. The van der Waals surface area contributed by atoms with Gasteiger partial charge in [-0.05, 0) is 12.5 Å². The molecule has 8 heteroatoms. The summed E-state index contributed by atoms with van der Waals surface area (Å²) in [6.07, 6.45) is 5.06. The van der Waals surface area contributed by atoms with E-state index in [0.29, 0.717) is 25.3 Å². The largest absolute Gasteiger partial charge is 0.353 e. The fraction of sp³-hybridized carbons (Fsp3) is 0.316. The van der Waals surface area contributed by atoms with Gasteiger partial charge in [-0.2, -0.15) is 5.10 Å². The standard InChI is InChI=1S/C19H21N7O/c1-15-2-4-16(5-3-15)10-19(27)25-8-6-24(7-9-25)17-11-18(22-13-21-17)26-14-20-12-23-26/h2-5,11-14H,6-10H2,1H3. The van der Waals surface area contributed by atoms with Gasteiger partial charge in [0.1, 0.15) is 24.8 Å². The molecule has 1 aromatic carbocycles. The molecule has 2 aromatic heterocycles. The van der Waals surface area contributed by atoms with Crippen LogP contribution in [0.25, 0.3) is 5.82 Å². The molecule has 0 spiro atoms. The second kappa shape index (κ2) is 7.53. The maximum absolute atomic E-state index is 12.6. The monoisotopic (exact) mass is 363 g/mol. The van der Waals surface area contributed by atoms with Crippen LogP contribution >= 0.6 is 0 Å². The zero-order valence-electron chi connectivity index (χ0n) is 15.2. The molecule has 1 amide bonds. The Morgan fingerprint density at radius 2 is 1.74 bits per heavy atom. The molecule has 1 aliphatic heterocycles. The average molecular weight is 363 g/mol. The molecule has 1 fully saturated rings. The number of aryl methyl sites for hydroxylation is 1. The molecule has 1 aliphatic rings. The van der Waals surface area contributed by atoms with Gasteiger partial charge in [0.2, 0.25) is 5.91 Å². The van der Waals surface area contributed by atoms with Crippen molar-refractivity contribution in [2.24, 2.45) is 0 Å². The van der Waals surface area contributed by atoms with E-state index >= 15 is 0 Å². The van der Waals surface area contributed by atoms with Gasteiger partial charge in [-0.15, -0.1) is 0 Å². The number of carbonyl (C=O) groups excluding carboxylic acids is 1. The van der Waals surface area contributed by atoms with E-state index in [1.54, 1.807) is 11.0 Å². The minimum absolute atomic E-state index is 0.171. The van der Waals surface area contributed by atoms with Crippen LogP contribution in [0.15, 0.2) is 49.3 Å². The summed E-state index contributed by atoms with van der Waals surface area (Å²) < 4.78 is 1.60. The molecule has 1 saturated heterocycles. The van der Waals surface area contributed by atoms with Crippen LogP contribution in [0.2, 0.25) is 0 Å². The van der Waals surface area contributed by atoms with Crippen molar-refractivity contribution in [1.29, 1.82) is 0 Å². The summed E-state index contributed by atoms with van der Waals surface area (Å²) in [6, 6.07) is 10.0. The molecule has 3 heterocycles. The lowest BCUT2D eigenvalue weighted by Crippen LogP contribution is -2.49. The summed E-state index contributed by atoms with van der Waals surface area (Å²) in [4.78, 5) is 29.2. The van der Waals surface area contributed by atoms with E-state index in [4.69, 9.17) is 0 Å². The fourth-order valence-electron chi connectivity index (χ4n) is 3.14. The van der Waals surface area contributed by atoms with Gasteiger partial charge in [-0.3, -0.25) is 4.79 Å². The Kier molecular flexibility index (Phi) is 4.78. The van der Waals surface area contributed by atoms with Gasteiger partial charge in [0.15, 0.2) is 5.82 Å². The third kappa shape index (κ3) is 3.94. The molecule has 0 unspecified atom stereocenters. The summed E-state index contributed by atoms with van der Waals surface area (Å²) in [5, 5.41) is 4.10. The molecule has 0 atom stereocenters. The molecule has 0 bridgehead atoms. The van der Waals surface area contributed by atoms with Gasteiger partial charge in [0.05, 0.1) is 6.42 Å². The molecular formula is C19H21N7O. The number of hydrogen-bond donors (Lipinski definition) is 0. The summed E-state index contributed by atoms with van der Waals surface area (Å²) in [7, 11) is 0. The smallest absolute Gasteiger partial charge is 0.227 e. The zero-order valence-corrected chi connectivity index (χ0v) is 15.2. The van der Waals surface area contributed by atoms with Crippen LogP contribution in [0.3, 0.4) is 0 Å². The maximum Gasteiger partial charge on any atom is 0.227 e. The summed E-state index contributed by atoms with van der Waals surface area (Å²) in [5.41, 5.74) is 2.26. The quantitative estimate of drug-likeness (QED) is 0.694. The zero-order chi connectivity index (χ0) is 18.6. The highest BCUT2D eigenvalue weighted by Crippen LogP contribution is 2.16. The molecule has 0 aliphatic carbocycles. The van der Waals surface area contributed by atoms with E-state index in [1.165, 1.54) is 18.2 Å². The topological polar surface area (TPSA) is 80.0 Å². The van der Waals surface area contributed by atoms with Gasteiger partial charge in [-0.1, -0.05) is 29.8 Å². The number of carbonyl (C=O) groups is 1. The number of nitrogens with zero attached hydrogens (tertiary/aromatic N) is 7. The Morgan fingerprint density at radius 1 is 1.00 bits per heavy atom. The van der Waals surface area contributed by atoms with Crippen LogP contribution in [0, 0.1) is 6.92 Å². The summed E-state index contributed by atoms with van der Waals surface area (Å²) in [5.74, 6) is 1.68. The van der Waals surface area contributed by atoms with Gasteiger partial charge < -0.3 is 9.80 Å². The first kappa shape index (κ1) is 17.1. The number of benzene rings is 1. The highest BCUT2D eigenvalue weighted by Gasteiger charge is 2.22. The number of piperazine rings is 1. The summed E-state index contributed by atoms with van der Waals surface area (Å²) >= 11 is 0. The van der Waals surface area contributed by atoms with E-state index in [1.807, 2.05) is 42.2 Å². The molecule has 0 radical (unpaired) electrons. The van der Waals surface area contributed by atoms with Crippen molar-refractivity contribution < 1.29 is 4.79 Å². The van der Waals surface area contributed by atoms with Crippen molar-refractivity contribution in [2.75, 3.05) is 31.1 Å². The number of anilines is 1. The Balaban J connectivity index is 1.37. The molecule has 0 N–H and O–H groups in total. The normalized spacial score (nSPS) is 14.4. The van der Waals surface area contributed by atoms with Gasteiger partial charge >= 0.3 is 0 Å². The van der Waals surface area contributed by atoms with E-state index in [2.05, 4.69) is 25.0 Å². The minimum Gasteiger partial charge on any atom is -0.353 e. The molecule has 27 heavy (non-hydrogen) atoms. The first-order chi connectivity index (χ1) is 13.2. The minimum atomic E-state index is 0.171. The van der Waals surface area contributed by atoms with Gasteiger partial charge in [0, 0.05) is 32.2 Å². The number of amides is 1. The van der Waals surface area contributed by atoms with Crippen LogP contribution in [-0.4, -0.2) is 61.7 Å². The SMILES string of the molecule is Cc1ccc(CC(=O)N2CCN(c3cc(-n4cncn4)ncn3)CC2)cc1. The van der Waals surface area contributed by atoms with Crippen LogP contribution in [0.1, 0.15) is 11.1 Å². The number of hydrogen-bond acceptors (Lipinski definition) is 6. The third-order valence-corrected chi connectivity index (χ3v) is 4.72. The van der Waals surface area contributed by atoms with Crippen molar-refractivity contribution in [3.8, 4) is 5.82 Å². The Labute approximate surface area is 157 Å². The van der Waals surface area contributed by atoms with Crippen LogP contribution in [-0.2, 0) is 11.2 Å². The highest BCUT2D eigenvalue weighted by molar-refractivity contribution is 5.79. The second-order valence-corrected chi connectivity index (χ2v) is 6.60. The van der Waals surface area contributed by atoms with Gasteiger partial charge in [-0.25, -0.2) is 19.6 Å². The summed E-state index contributed by atoms with van der Waals surface area (Å²) in [6.45, 7) is 4.91. The number of aromatic nitrogens is 5. The van der Waals surface area contributed by atoms with Crippen molar-refractivity contribution in [1.82, 2.24) is 29.6 Å². The fourth-order valence-corrected chi connectivity index (χ4v) is 3.14. The van der Waals surface area contributed by atoms with Crippen molar-refractivity contribution >= 4 is 11.7 Å². The molecule has 3 aromatic rings. The van der Waals surface area contributed by atoms with E-state index in [0.717, 1.165) is 24.5 Å². The van der Waals surface area contributed by atoms with Crippen LogP contribution < -0.4 is 4.90 Å². The highest BCUT2D eigenvalue weighted by atomic mass is 16.2. The van der Waals surface area contributed by atoms with E-state index < -0.39 is 0 Å². The van der Waals surface area contributed by atoms with Crippen molar-refractivity contribution in [2.45, 2.75) is 13.3 Å². The predicted octanol–water partition coefficient (Wildman–Crippen LogP) is 1.26. The Hall–Kier alpha value is -3.29. The Bertz CT molecular complexity index is 900. The lowest BCUT2D eigenvalue weighted by molar-refractivity contribution is -0.130. The molecule has 138 valence electrons. The van der Waals surface area contributed by atoms with Crippen LogP contribution in [0.5, 0.6) is 0 Å². The predicted molar refractivity (Wildman–Crippen MR) is 101 cm³/mol. The molecule has 4 rings (SSSR count). The number of rotatable bonds is 4. The molecule has 0 saturated carbocycles. The first-order valence-electron chi connectivity index (χ1n) is 8.94.